The molecule has 0 spiro atoms. The van der Waals surface area contributed by atoms with Gasteiger partial charge < -0.3 is 31.0 Å². The number of primary amides is 1. The number of benzene rings is 1. The number of carbonyl (C=O) groups excluding carboxylic acids is 4. The van der Waals surface area contributed by atoms with Gasteiger partial charge in [-0.1, -0.05) is 76.3 Å². The van der Waals surface area contributed by atoms with Crippen molar-refractivity contribution in [2.45, 2.75) is 90.0 Å². The van der Waals surface area contributed by atoms with Crippen LogP contribution in [0.15, 0.2) is 30.3 Å². The van der Waals surface area contributed by atoms with Crippen molar-refractivity contribution in [3.63, 3.8) is 0 Å². The third-order valence-electron chi connectivity index (χ3n) is 6.88. The second-order valence-electron chi connectivity index (χ2n) is 10.1. The monoisotopic (exact) mass is 503 g/mol. The molecule has 0 saturated heterocycles. The van der Waals surface area contributed by atoms with Gasteiger partial charge in [-0.2, -0.15) is 0 Å². The second-order valence-corrected chi connectivity index (χ2v) is 10.1. The molecule has 1 aliphatic carbocycles. The lowest BCUT2D eigenvalue weighted by atomic mass is 9.81. The first-order valence-electron chi connectivity index (χ1n) is 12.9. The van der Waals surface area contributed by atoms with Crippen LogP contribution in [0.5, 0.6) is 0 Å². The molecule has 1 saturated carbocycles. The Balaban J connectivity index is 2.08. The first kappa shape index (κ1) is 29.3. The van der Waals surface area contributed by atoms with Crippen LogP contribution in [-0.2, 0) is 25.7 Å². The highest BCUT2D eigenvalue weighted by Crippen LogP contribution is 2.29. The number of nitrogens with one attached hydrogen (secondary N) is 2. The van der Waals surface area contributed by atoms with E-state index < -0.39 is 42.5 Å². The first-order valence-corrected chi connectivity index (χ1v) is 12.9. The molecule has 0 heterocycles. The zero-order valence-electron chi connectivity index (χ0n) is 21.4. The van der Waals surface area contributed by atoms with Gasteiger partial charge in [0.2, 0.25) is 11.8 Å². The molecule has 0 radical (unpaired) electrons. The van der Waals surface area contributed by atoms with Gasteiger partial charge in [0.1, 0.15) is 18.9 Å². The lowest BCUT2D eigenvalue weighted by molar-refractivity contribution is -0.128. The zero-order chi connectivity index (χ0) is 26.5. The summed E-state index contributed by atoms with van der Waals surface area (Å²) in [6, 6.07) is 7.17. The Bertz CT molecular complexity index is 841. The molecule has 1 fully saturated rings. The van der Waals surface area contributed by atoms with Crippen LogP contribution in [0, 0.1) is 17.8 Å². The van der Waals surface area contributed by atoms with E-state index in [1.807, 2.05) is 32.0 Å². The maximum atomic E-state index is 13.2. The molecule has 1 aromatic carbocycles. The molecule has 0 aliphatic heterocycles. The van der Waals surface area contributed by atoms with E-state index in [2.05, 4.69) is 10.6 Å². The van der Waals surface area contributed by atoms with Crippen molar-refractivity contribution in [2.75, 3.05) is 0 Å². The minimum absolute atomic E-state index is 0.00287. The number of aliphatic hydroxyl groups excluding tert-OH is 1. The van der Waals surface area contributed by atoms with Crippen molar-refractivity contribution in [3.05, 3.63) is 35.9 Å². The first-order chi connectivity index (χ1) is 17.2. The Labute approximate surface area is 213 Å². The van der Waals surface area contributed by atoms with Crippen molar-refractivity contribution < 1.29 is 29.0 Å². The highest BCUT2D eigenvalue weighted by atomic mass is 16.5. The number of carbonyl (C=O) groups is 4. The van der Waals surface area contributed by atoms with Gasteiger partial charge in [0.25, 0.3) is 0 Å². The van der Waals surface area contributed by atoms with Gasteiger partial charge in [0.05, 0.1) is 18.6 Å². The van der Waals surface area contributed by atoms with Crippen LogP contribution in [0.4, 0.5) is 4.79 Å². The maximum absolute atomic E-state index is 13.2. The number of hydrogen-bond acceptors (Lipinski definition) is 6. The molecule has 9 nitrogen and oxygen atoms in total. The minimum atomic E-state index is -1.25. The number of amides is 3. The maximum Gasteiger partial charge on any atom is 0.408 e. The van der Waals surface area contributed by atoms with E-state index in [9.17, 15) is 24.3 Å². The topological polar surface area (TPSA) is 148 Å². The van der Waals surface area contributed by atoms with Crippen molar-refractivity contribution in [1.82, 2.24) is 10.6 Å². The Kier molecular flexibility index (Phi) is 12.4. The van der Waals surface area contributed by atoms with Crippen molar-refractivity contribution in [1.29, 1.82) is 0 Å². The third-order valence-corrected chi connectivity index (χ3v) is 6.88. The minimum Gasteiger partial charge on any atom is -0.445 e. The molecule has 0 unspecified atom stereocenters. The highest BCUT2D eigenvalue weighted by molar-refractivity contribution is 5.90. The average molecular weight is 504 g/mol. The molecule has 2 rings (SSSR count). The van der Waals surface area contributed by atoms with Crippen molar-refractivity contribution >= 4 is 24.2 Å². The number of alkyl carbamates (subject to hydrolysis) is 1. The van der Waals surface area contributed by atoms with Crippen LogP contribution in [0.25, 0.3) is 0 Å². The second kappa shape index (κ2) is 15.2. The summed E-state index contributed by atoms with van der Waals surface area (Å²) in [5, 5.41) is 16.3. The van der Waals surface area contributed by atoms with E-state index >= 15 is 0 Å². The quantitative estimate of drug-likeness (QED) is 0.287. The summed E-state index contributed by atoms with van der Waals surface area (Å²) in [6.45, 7) is 3.83. The summed E-state index contributed by atoms with van der Waals surface area (Å²) in [4.78, 5) is 48.7. The van der Waals surface area contributed by atoms with E-state index in [1.54, 1.807) is 12.1 Å². The van der Waals surface area contributed by atoms with Crippen LogP contribution in [0.3, 0.4) is 0 Å². The Morgan fingerprint density at radius 2 is 1.78 bits per heavy atom. The molecule has 1 aliphatic rings. The summed E-state index contributed by atoms with van der Waals surface area (Å²) in [5.41, 5.74) is 6.10. The Morgan fingerprint density at radius 3 is 2.36 bits per heavy atom. The average Bonchev–Trinajstić information content (AvgIpc) is 2.85. The summed E-state index contributed by atoms with van der Waals surface area (Å²) in [7, 11) is 0. The molecule has 3 amide bonds. The largest absolute Gasteiger partial charge is 0.445 e. The summed E-state index contributed by atoms with van der Waals surface area (Å²) in [6.07, 6.45) is 4.78. The molecular weight excluding hydrogens is 462 g/mol. The van der Waals surface area contributed by atoms with Gasteiger partial charge >= 0.3 is 6.09 Å². The zero-order valence-corrected chi connectivity index (χ0v) is 21.4. The lowest BCUT2D eigenvalue weighted by Gasteiger charge is -2.32. The van der Waals surface area contributed by atoms with E-state index in [4.69, 9.17) is 10.5 Å². The van der Waals surface area contributed by atoms with Gasteiger partial charge in [-0.15, -0.1) is 0 Å². The van der Waals surface area contributed by atoms with Crippen LogP contribution in [0.2, 0.25) is 0 Å². The molecule has 0 aromatic heterocycles. The molecule has 9 heteroatoms. The van der Waals surface area contributed by atoms with Gasteiger partial charge in [-0.25, -0.2) is 4.79 Å². The van der Waals surface area contributed by atoms with Gasteiger partial charge in [0, 0.05) is 5.92 Å². The van der Waals surface area contributed by atoms with E-state index in [0.29, 0.717) is 12.3 Å². The van der Waals surface area contributed by atoms with E-state index in [0.717, 1.165) is 37.5 Å². The SMILES string of the molecule is CC(C)[C@@H](C=O)C[C@H](O)[C@H](CC1CCCCC1)NC(=O)[C@H](CC(N)=O)NC(=O)OCc1ccccc1. The smallest absolute Gasteiger partial charge is 0.408 e. The molecular formula is C27H41N3O6. The van der Waals surface area contributed by atoms with E-state index in [1.165, 1.54) is 6.42 Å². The fraction of sp³-hybridized carbons (Fsp3) is 0.630. The molecule has 0 bridgehead atoms. The Morgan fingerprint density at radius 1 is 1.11 bits per heavy atom. The van der Waals surface area contributed by atoms with Gasteiger partial charge in [-0.3, -0.25) is 9.59 Å². The summed E-state index contributed by atoms with van der Waals surface area (Å²) >= 11 is 0. The number of aliphatic hydroxyl groups is 1. The van der Waals surface area contributed by atoms with Gasteiger partial charge in [-0.05, 0) is 30.2 Å². The van der Waals surface area contributed by atoms with Crippen LogP contribution in [0.1, 0.15) is 70.8 Å². The number of rotatable bonds is 14. The van der Waals surface area contributed by atoms with E-state index in [-0.39, 0.29) is 24.9 Å². The lowest BCUT2D eigenvalue weighted by Crippen LogP contribution is -2.54. The fourth-order valence-electron chi connectivity index (χ4n) is 4.62. The van der Waals surface area contributed by atoms with Crippen molar-refractivity contribution in [2.24, 2.45) is 23.5 Å². The summed E-state index contributed by atoms with van der Waals surface area (Å²) in [5.74, 6) is -1.35. The normalized spacial score (nSPS) is 17.4. The summed E-state index contributed by atoms with van der Waals surface area (Å²) < 4.78 is 5.19. The highest BCUT2D eigenvalue weighted by Gasteiger charge is 2.32. The molecule has 36 heavy (non-hydrogen) atoms. The number of ether oxygens (including phenoxy) is 1. The van der Waals surface area contributed by atoms with Crippen LogP contribution in [-0.4, -0.2) is 47.5 Å². The molecule has 4 atom stereocenters. The van der Waals surface area contributed by atoms with Gasteiger partial charge in [0.15, 0.2) is 0 Å². The number of aldehydes is 1. The van der Waals surface area contributed by atoms with Crippen molar-refractivity contribution in [3.8, 4) is 0 Å². The predicted octanol–water partition coefficient (Wildman–Crippen LogP) is 2.83. The standard InChI is InChI=1S/C27H41N3O6/c1-18(2)21(16-31)14-24(32)22(13-19-9-5-3-6-10-19)29-26(34)23(15-25(28)33)30-27(35)36-17-20-11-7-4-8-12-20/h4,7-8,11-12,16,18-19,21-24,32H,3,5-6,9-10,13-15,17H2,1-2H3,(H2,28,33)(H,29,34)(H,30,35)/t21-,22+,23+,24+/m1/s1. The third kappa shape index (κ3) is 10.4. The van der Waals surface area contributed by atoms with Crippen LogP contribution >= 0.6 is 0 Å². The molecule has 5 N–H and O–H groups in total. The Hall–Kier alpha value is -2.94. The fourth-order valence-corrected chi connectivity index (χ4v) is 4.62. The number of nitrogens with two attached hydrogens (primary N) is 1. The van der Waals surface area contributed by atoms with Crippen LogP contribution < -0.4 is 16.4 Å². The molecule has 1 aromatic rings. The predicted molar refractivity (Wildman–Crippen MR) is 136 cm³/mol. The molecule has 200 valence electrons. The number of hydrogen-bond donors (Lipinski definition) is 4.